The number of rotatable bonds is 7. The number of benzene rings is 2. The van der Waals surface area contributed by atoms with E-state index in [-0.39, 0.29) is 11.3 Å². The average Bonchev–Trinajstić information content (AvgIpc) is 3.33. The van der Waals surface area contributed by atoms with Crippen molar-refractivity contribution in [2.45, 2.75) is 37.0 Å². The van der Waals surface area contributed by atoms with Crippen molar-refractivity contribution in [2.75, 3.05) is 14.1 Å². The van der Waals surface area contributed by atoms with Gasteiger partial charge in [0.25, 0.3) is 0 Å². The largest absolute Gasteiger partial charge is 0.485 e. The van der Waals surface area contributed by atoms with Crippen LogP contribution in [0, 0.1) is 0 Å². The Kier molecular flexibility index (Phi) is 5.66. The van der Waals surface area contributed by atoms with Gasteiger partial charge in [0.05, 0.1) is 0 Å². The highest BCUT2D eigenvalue weighted by molar-refractivity contribution is 6.17. The van der Waals surface area contributed by atoms with Gasteiger partial charge in [-0.3, -0.25) is 4.90 Å². The van der Waals surface area contributed by atoms with Crippen molar-refractivity contribution in [3.63, 3.8) is 0 Å². The number of alkyl halides is 2. The number of likely N-dealkylation sites (N-methyl/N-ethyl adjacent to an activating group) is 1. The summed E-state index contributed by atoms with van der Waals surface area (Å²) in [5.41, 5.74) is -0.599. The van der Waals surface area contributed by atoms with E-state index in [1.54, 1.807) is 30.3 Å². The second kappa shape index (κ2) is 8.04. The van der Waals surface area contributed by atoms with E-state index in [4.69, 9.17) is 12.6 Å². The molecule has 4 N–H and O–H groups in total. The molecule has 4 rings (SSSR count). The Balaban J connectivity index is 1.74. The second-order valence-electron chi connectivity index (χ2n) is 8.02. The van der Waals surface area contributed by atoms with Crippen LogP contribution in [0.5, 0.6) is 11.5 Å². The molecule has 0 spiro atoms. The first kappa shape index (κ1) is 22.5. The van der Waals surface area contributed by atoms with Gasteiger partial charge in [-0.1, -0.05) is 18.2 Å². The first-order valence-electron chi connectivity index (χ1n) is 10.0. The third-order valence-corrected chi connectivity index (χ3v) is 5.87. The van der Waals surface area contributed by atoms with Crippen LogP contribution in [0.4, 0.5) is 8.78 Å². The van der Waals surface area contributed by atoms with Gasteiger partial charge in [0.2, 0.25) is 5.91 Å². The third kappa shape index (κ3) is 3.63. The molecule has 7 nitrogen and oxygen atoms in total. The number of aromatic amines is 1. The van der Waals surface area contributed by atoms with Gasteiger partial charge < -0.3 is 29.8 Å². The minimum atomic E-state index is -2.92. The molecule has 2 radical (unpaired) electrons. The van der Waals surface area contributed by atoms with Crippen molar-refractivity contribution in [1.29, 1.82) is 0 Å². The first-order valence-corrected chi connectivity index (χ1v) is 10.0. The van der Waals surface area contributed by atoms with E-state index in [1.807, 2.05) is 0 Å². The molecule has 1 aromatic heterocycles. The summed E-state index contributed by atoms with van der Waals surface area (Å²) in [6.45, 7) is -2.92. The fourth-order valence-corrected chi connectivity index (χ4v) is 4.14. The van der Waals surface area contributed by atoms with Gasteiger partial charge in [0.1, 0.15) is 30.9 Å². The van der Waals surface area contributed by atoms with Crippen LogP contribution in [0.2, 0.25) is 0 Å². The molecule has 3 aromatic rings. The summed E-state index contributed by atoms with van der Waals surface area (Å²) in [7, 11) is 8.72. The quantitative estimate of drug-likeness (QED) is 0.330. The summed E-state index contributed by atoms with van der Waals surface area (Å²) in [4.78, 5) is 3.94. The van der Waals surface area contributed by atoms with E-state index >= 15 is 0 Å². The maximum atomic E-state index is 12.7. The number of nitrogens with one attached hydrogen (secondary N) is 1. The maximum Gasteiger partial charge on any atom is 0.387 e. The van der Waals surface area contributed by atoms with Crippen LogP contribution in [0.1, 0.15) is 29.2 Å². The lowest BCUT2D eigenvalue weighted by Gasteiger charge is -2.41. The van der Waals surface area contributed by atoms with Gasteiger partial charge in [-0.15, -0.1) is 0 Å². The number of nitrogens with zero attached hydrogens (tertiary/aromatic N) is 1. The van der Waals surface area contributed by atoms with Crippen LogP contribution < -0.4 is 9.47 Å². The first-order chi connectivity index (χ1) is 15.0. The number of aliphatic hydroxyl groups is 3. The second-order valence-corrected chi connectivity index (χ2v) is 8.02. The van der Waals surface area contributed by atoms with Crippen molar-refractivity contribution in [3.8, 4) is 11.5 Å². The number of aromatic nitrogens is 1. The zero-order valence-electron chi connectivity index (χ0n) is 17.5. The Morgan fingerprint density at radius 1 is 1.12 bits per heavy atom. The summed E-state index contributed by atoms with van der Waals surface area (Å²) in [6.07, 6.45) is 1.96. The fraction of sp³-hybridized carbons (Fsp3) is 0.364. The highest BCUT2D eigenvalue weighted by atomic mass is 19.3. The molecule has 1 aliphatic rings. The lowest BCUT2D eigenvalue weighted by atomic mass is 9.72. The van der Waals surface area contributed by atoms with Crippen molar-refractivity contribution >= 4 is 18.7 Å². The van der Waals surface area contributed by atoms with E-state index in [2.05, 4.69) is 9.72 Å². The molecule has 0 aliphatic heterocycles. The number of H-pyrrole nitrogens is 1. The van der Waals surface area contributed by atoms with Crippen LogP contribution in [0.15, 0.2) is 42.6 Å². The number of hydrogen-bond donors (Lipinski definition) is 4. The van der Waals surface area contributed by atoms with Gasteiger partial charge >= 0.3 is 6.61 Å². The van der Waals surface area contributed by atoms with Crippen molar-refractivity contribution in [1.82, 2.24) is 9.88 Å². The highest BCUT2D eigenvalue weighted by Gasteiger charge is 2.49. The van der Waals surface area contributed by atoms with Crippen molar-refractivity contribution in [3.05, 3.63) is 59.3 Å². The summed E-state index contributed by atoms with van der Waals surface area (Å²) >= 11 is 0. The van der Waals surface area contributed by atoms with Crippen LogP contribution >= 0.6 is 0 Å². The summed E-state index contributed by atoms with van der Waals surface area (Å²) < 4.78 is 36.4. The van der Waals surface area contributed by atoms with Gasteiger partial charge in [0.15, 0.2) is 0 Å². The zero-order valence-corrected chi connectivity index (χ0v) is 17.5. The molecule has 0 saturated heterocycles. The molecule has 10 heteroatoms. The molecule has 1 heterocycles. The third-order valence-electron chi connectivity index (χ3n) is 5.87. The molecule has 2 atom stereocenters. The molecule has 0 bridgehead atoms. The van der Waals surface area contributed by atoms with E-state index in [9.17, 15) is 24.1 Å². The summed E-state index contributed by atoms with van der Waals surface area (Å²) in [5, 5.41) is 32.2. The van der Waals surface area contributed by atoms with E-state index in [0.29, 0.717) is 35.1 Å². The zero-order chi connectivity index (χ0) is 23.3. The molecule has 0 amide bonds. The Labute approximate surface area is 184 Å². The Hall–Kier alpha value is -2.66. The summed E-state index contributed by atoms with van der Waals surface area (Å²) in [5.74, 6) is -2.32. The van der Waals surface area contributed by atoms with E-state index in [1.165, 1.54) is 26.4 Å². The SMILES string of the molecule is [B]C(O)(c1c[nH]c2cccc(OC3CCc4c(OC(F)F)cccc43)c12)C(O)(O)N(C)C. The van der Waals surface area contributed by atoms with Crippen LogP contribution in [0.25, 0.3) is 10.9 Å². The molecule has 1 aliphatic carbocycles. The molecule has 32 heavy (non-hydrogen) atoms. The predicted molar refractivity (Wildman–Crippen MR) is 114 cm³/mol. The standard InChI is InChI=1S/C22H23BF2N2O5/c1-27(2)22(29,30)21(23,28)14-11-26-15-6-4-8-18(19(14)15)31-17-10-9-13-12(17)5-3-7-16(13)32-20(24)25/h3-8,11,17,20,26,28-30H,9-10H2,1-2H3. The Bertz CT molecular complexity index is 1130. The van der Waals surface area contributed by atoms with Gasteiger partial charge in [0, 0.05) is 28.2 Å². The van der Waals surface area contributed by atoms with Gasteiger partial charge in [-0.2, -0.15) is 8.78 Å². The molecule has 0 fully saturated rings. The number of halogens is 2. The number of hydrogen-bond acceptors (Lipinski definition) is 6. The normalized spacial score (nSPS) is 18.2. The summed E-state index contributed by atoms with van der Waals surface area (Å²) in [6, 6.07) is 10.0. The lowest BCUT2D eigenvalue weighted by Crippen LogP contribution is -2.60. The molecule has 2 aromatic carbocycles. The number of fused-ring (bicyclic) bond motifs is 2. The van der Waals surface area contributed by atoms with Crippen molar-refractivity contribution in [2.24, 2.45) is 0 Å². The Morgan fingerprint density at radius 2 is 1.81 bits per heavy atom. The average molecular weight is 444 g/mol. The Morgan fingerprint density at radius 3 is 2.50 bits per heavy atom. The monoisotopic (exact) mass is 444 g/mol. The maximum absolute atomic E-state index is 12.7. The molecule has 168 valence electrons. The van der Waals surface area contributed by atoms with E-state index in [0.717, 1.165) is 10.5 Å². The minimum Gasteiger partial charge on any atom is -0.485 e. The van der Waals surface area contributed by atoms with Gasteiger partial charge in [-0.05, 0) is 50.7 Å². The van der Waals surface area contributed by atoms with Crippen LogP contribution in [-0.2, 0) is 11.9 Å². The minimum absolute atomic E-state index is 0.0230. The number of ether oxygens (including phenoxy) is 2. The molecule has 2 unspecified atom stereocenters. The smallest absolute Gasteiger partial charge is 0.387 e. The topological polar surface area (TPSA) is 98.2 Å². The molecular formula is C22H23BF2N2O5. The fourth-order valence-electron chi connectivity index (χ4n) is 4.14. The van der Waals surface area contributed by atoms with Crippen LogP contribution in [-0.4, -0.2) is 59.7 Å². The lowest BCUT2D eigenvalue weighted by molar-refractivity contribution is -0.318. The predicted octanol–water partition coefficient (Wildman–Crippen LogP) is 2.35. The van der Waals surface area contributed by atoms with Gasteiger partial charge in [-0.25, -0.2) is 0 Å². The van der Waals surface area contributed by atoms with Crippen molar-refractivity contribution < 1.29 is 33.6 Å². The highest BCUT2D eigenvalue weighted by Crippen LogP contribution is 2.43. The molecule has 0 saturated carbocycles. The van der Waals surface area contributed by atoms with Crippen LogP contribution in [0.3, 0.4) is 0 Å². The molecular weight excluding hydrogens is 421 g/mol. The van der Waals surface area contributed by atoms with E-state index < -0.39 is 24.1 Å².